The van der Waals surface area contributed by atoms with E-state index < -0.39 is 5.82 Å². The van der Waals surface area contributed by atoms with Crippen LogP contribution in [0, 0.1) is 5.82 Å². The Balaban J connectivity index is 2.07. The number of aliphatic hydroxyl groups is 1. The zero-order valence-electron chi connectivity index (χ0n) is 11.4. The van der Waals surface area contributed by atoms with Gasteiger partial charge in [-0.25, -0.2) is 4.39 Å². The van der Waals surface area contributed by atoms with E-state index in [0.29, 0.717) is 12.1 Å². The molecule has 1 heterocycles. The third-order valence-corrected chi connectivity index (χ3v) is 3.46. The minimum Gasteiger partial charge on any atom is -0.494 e. The van der Waals surface area contributed by atoms with E-state index in [1.54, 1.807) is 17.0 Å². The molecule has 1 aromatic carbocycles. The maximum atomic E-state index is 13.3. The lowest BCUT2D eigenvalue weighted by molar-refractivity contribution is -0.127. The van der Waals surface area contributed by atoms with Crippen LogP contribution in [-0.2, 0) is 4.79 Å². The number of benzene rings is 1. The van der Waals surface area contributed by atoms with Gasteiger partial charge in [0.25, 0.3) is 0 Å². The standard InChI is InChI=1S/C15H18FNO3/c1-20-14-9-11(4-6-13(14)16)5-7-15(19)17-8-2-3-12(17)10-18/h4-7,9,12,18H,2-3,8,10H2,1H3. The normalized spacial score (nSPS) is 18.8. The predicted molar refractivity (Wildman–Crippen MR) is 73.8 cm³/mol. The lowest BCUT2D eigenvalue weighted by Crippen LogP contribution is -2.36. The van der Waals surface area contributed by atoms with Crippen molar-refractivity contribution in [3.05, 3.63) is 35.7 Å². The number of methoxy groups -OCH3 is 1. The van der Waals surface area contributed by atoms with E-state index in [1.165, 1.54) is 25.3 Å². The molecule has 0 bridgehead atoms. The van der Waals surface area contributed by atoms with Crippen molar-refractivity contribution >= 4 is 12.0 Å². The second-order valence-electron chi connectivity index (χ2n) is 4.74. The molecule has 20 heavy (non-hydrogen) atoms. The number of aliphatic hydroxyl groups excluding tert-OH is 1. The van der Waals surface area contributed by atoms with Gasteiger partial charge >= 0.3 is 0 Å². The molecular formula is C15H18FNO3. The zero-order chi connectivity index (χ0) is 14.5. The van der Waals surface area contributed by atoms with E-state index >= 15 is 0 Å². The number of nitrogens with zero attached hydrogens (tertiary/aromatic N) is 1. The van der Waals surface area contributed by atoms with Crippen molar-refractivity contribution in [3.8, 4) is 5.75 Å². The van der Waals surface area contributed by atoms with Gasteiger partial charge < -0.3 is 14.7 Å². The lowest BCUT2D eigenvalue weighted by atomic mass is 10.2. The molecule has 1 atom stereocenters. The molecule has 1 saturated heterocycles. The molecule has 5 heteroatoms. The lowest BCUT2D eigenvalue weighted by Gasteiger charge is -2.21. The molecule has 1 aromatic rings. The first-order chi connectivity index (χ1) is 9.65. The minimum atomic E-state index is -0.434. The van der Waals surface area contributed by atoms with Crippen LogP contribution in [-0.4, -0.2) is 42.2 Å². The molecular weight excluding hydrogens is 261 g/mol. The SMILES string of the molecule is COc1cc(C=CC(=O)N2CCCC2CO)ccc1F. The van der Waals surface area contributed by atoms with Crippen LogP contribution in [0.1, 0.15) is 18.4 Å². The Morgan fingerprint density at radius 3 is 3.10 bits per heavy atom. The molecule has 1 unspecified atom stereocenters. The Hall–Kier alpha value is -1.88. The van der Waals surface area contributed by atoms with E-state index in [1.807, 2.05) is 0 Å². The molecule has 1 aliphatic heterocycles. The van der Waals surface area contributed by atoms with Crippen LogP contribution in [0.2, 0.25) is 0 Å². The highest BCUT2D eigenvalue weighted by molar-refractivity contribution is 5.92. The van der Waals surface area contributed by atoms with Gasteiger partial charge in [0.2, 0.25) is 5.91 Å². The van der Waals surface area contributed by atoms with Crippen molar-refractivity contribution in [2.45, 2.75) is 18.9 Å². The van der Waals surface area contributed by atoms with Gasteiger partial charge in [0.1, 0.15) is 0 Å². The quantitative estimate of drug-likeness (QED) is 0.855. The summed E-state index contributed by atoms with van der Waals surface area (Å²) in [6.45, 7) is 0.658. The monoisotopic (exact) mass is 279 g/mol. The molecule has 1 N–H and O–H groups in total. The summed E-state index contributed by atoms with van der Waals surface area (Å²) in [6.07, 6.45) is 4.81. The fourth-order valence-electron chi connectivity index (χ4n) is 2.36. The van der Waals surface area contributed by atoms with Gasteiger partial charge in [0.15, 0.2) is 11.6 Å². The summed E-state index contributed by atoms with van der Waals surface area (Å²) in [7, 11) is 1.40. The number of carbonyl (C=O) groups is 1. The van der Waals surface area contributed by atoms with Crippen LogP contribution in [0.3, 0.4) is 0 Å². The zero-order valence-corrected chi connectivity index (χ0v) is 11.4. The maximum Gasteiger partial charge on any atom is 0.246 e. The minimum absolute atomic E-state index is 0.00997. The number of hydrogen-bond donors (Lipinski definition) is 1. The van der Waals surface area contributed by atoms with Crippen LogP contribution < -0.4 is 4.74 Å². The number of halogens is 1. The molecule has 0 aliphatic carbocycles. The highest BCUT2D eigenvalue weighted by Crippen LogP contribution is 2.20. The van der Waals surface area contributed by atoms with Gasteiger partial charge in [-0.1, -0.05) is 6.07 Å². The average Bonchev–Trinajstić information content (AvgIpc) is 2.94. The third kappa shape index (κ3) is 3.17. The maximum absolute atomic E-state index is 13.3. The molecule has 0 radical (unpaired) electrons. The summed E-state index contributed by atoms with van der Waals surface area (Å²) < 4.78 is 18.1. The molecule has 0 aromatic heterocycles. The van der Waals surface area contributed by atoms with Crippen molar-refractivity contribution in [3.63, 3.8) is 0 Å². The van der Waals surface area contributed by atoms with E-state index in [4.69, 9.17) is 4.74 Å². The van der Waals surface area contributed by atoms with Crippen LogP contribution >= 0.6 is 0 Å². The Bertz CT molecular complexity index is 516. The van der Waals surface area contributed by atoms with E-state index in [-0.39, 0.29) is 24.3 Å². The molecule has 0 spiro atoms. The van der Waals surface area contributed by atoms with Crippen molar-refractivity contribution < 1.29 is 19.0 Å². The fraction of sp³-hybridized carbons (Fsp3) is 0.400. The van der Waals surface area contributed by atoms with Gasteiger partial charge in [-0.05, 0) is 36.6 Å². The van der Waals surface area contributed by atoms with E-state index in [2.05, 4.69) is 0 Å². The number of ether oxygens (including phenoxy) is 1. The number of rotatable bonds is 4. The van der Waals surface area contributed by atoms with Crippen molar-refractivity contribution in [2.75, 3.05) is 20.3 Å². The predicted octanol–water partition coefficient (Wildman–Crippen LogP) is 1.83. The molecule has 2 rings (SSSR count). The first kappa shape index (κ1) is 14.5. The van der Waals surface area contributed by atoms with Gasteiger partial charge in [-0.3, -0.25) is 4.79 Å². The average molecular weight is 279 g/mol. The largest absolute Gasteiger partial charge is 0.494 e. The molecule has 1 amide bonds. The summed E-state index contributed by atoms with van der Waals surface area (Å²) in [6, 6.07) is 4.33. The third-order valence-electron chi connectivity index (χ3n) is 3.46. The second-order valence-corrected chi connectivity index (χ2v) is 4.74. The Labute approximate surface area is 117 Å². The van der Waals surface area contributed by atoms with Crippen LogP contribution in [0.5, 0.6) is 5.75 Å². The first-order valence-corrected chi connectivity index (χ1v) is 6.58. The van der Waals surface area contributed by atoms with Crippen LogP contribution in [0.15, 0.2) is 24.3 Å². The Kier molecular flexibility index (Phi) is 4.74. The summed E-state index contributed by atoms with van der Waals surface area (Å²) in [5.41, 5.74) is 0.691. The van der Waals surface area contributed by atoms with Gasteiger partial charge in [-0.15, -0.1) is 0 Å². The Morgan fingerprint density at radius 1 is 1.60 bits per heavy atom. The van der Waals surface area contributed by atoms with Gasteiger partial charge in [0.05, 0.1) is 19.8 Å². The highest BCUT2D eigenvalue weighted by atomic mass is 19.1. The van der Waals surface area contributed by atoms with Crippen molar-refractivity contribution in [1.82, 2.24) is 4.90 Å². The van der Waals surface area contributed by atoms with E-state index in [0.717, 1.165) is 12.8 Å². The Morgan fingerprint density at radius 2 is 2.40 bits per heavy atom. The molecule has 4 nitrogen and oxygen atoms in total. The number of carbonyl (C=O) groups excluding carboxylic acids is 1. The molecule has 0 saturated carbocycles. The first-order valence-electron chi connectivity index (χ1n) is 6.58. The van der Waals surface area contributed by atoms with Gasteiger partial charge in [-0.2, -0.15) is 0 Å². The summed E-state index contributed by atoms with van der Waals surface area (Å²) in [5, 5.41) is 9.19. The topological polar surface area (TPSA) is 49.8 Å². The van der Waals surface area contributed by atoms with Crippen LogP contribution in [0.4, 0.5) is 4.39 Å². The number of amides is 1. The second kappa shape index (κ2) is 6.52. The molecule has 1 aliphatic rings. The number of hydrogen-bond acceptors (Lipinski definition) is 3. The van der Waals surface area contributed by atoms with E-state index in [9.17, 15) is 14.3 Å². The smallest absolute Gasteiger partial charge is 0.246 e. The summed E-state index contributed by atoms with van der Waals surface area (Å²) >= 11 is 0. The molecule has 108 valence electrons. The van der Waals surface area contributed by atoms with Crippen LogP contribution in [0.25, 0.3) is 6.08 Å². The number of likely N-dealkylation sites (tertiary alicyclic amines) is 1. The highest BCUT2D eigenvalue weighted by Gasteiger charge is 2.26. The molecule has 1 fully saturated rings. The summed E-state index contributed by atoms with van der Waals surface area (Å²) in [5.74, 6) is -0.422. The van der Waals surface area contributed by atoms with Crippen molar-refractivity contribution in [2.24, 2.45) is 0 Å². The van der Waals surface area contributed by atoms with Crippen molar-refractivity contribution in [1.29, 1.82) is 0 Å². The van der Waals surface area contributed by atoms with Gasteiger partial charge in [0, 0.05) is 12.6 Å². The summed E-state index contributed by atoms with van der Waals surface area (Å²) in [4.78, 5) is 13.7. The fourth-order valence-corrected chi connectivity index (χ4v) is 2.36.